The SMILES string of the molecule is COc1ccc(CO[C@@H]2[C@H](OCc3ccccc3)[C@@H](O[C@H]3[C@@H](OCc4ccc(OC)cc4)[C@H](n4cnc5c(NC(c6ccccc6)(c6ccc(OC)cc6)c6ccc(OC)cc6)ncnc54)O[C@@H]3COCc3ccccc3)O[C@H](COCc3ccccc3)[C@H]2OCc2ccc(OC)cc2)cc1. The molecule has 4 heterocycles. The van der Waals surface area contributed by atoms with Crippen molar-refractivity contribution in [2.45, 2.75) is 100 Å². The van der Waals surface area contributed by atoms with Crippen molar-refractivity contribution in [2.24, 2.45) is 0 Å². The Morgan fingerprint density at radius 3 is 1.20 bits per heavy atom. The van der Waals surface area contributed by atoms with Crippen LogP contribution in [-0.2, 0) is 87.8 Å². The Labute approximate surface area is 588 Å². The number of methoxy groups -OCH3 is 5. The van der Waals surface area contributed by atoms with Crippen LogP contribution in [0.25, 0.3) is 11.2 Å². The summed E-state index contributed by atoms with van der Waals surface area (Å²) in [7, 11) is 8.24. The molecule has 0 radical (unpaired) electrons. The van der Waals surface area contributed by atoms with E-state index in [4.69, 9.17) is 81.3 Å². The van der Waals surface area contributed by atoms with E-state index < -0.39 is 60.8 Å². The summed E-state index contributed by atoms with van der Waals surface area (Å²) >= 11 is 0. The molecule has 9 aromatic carbocycles. The summed E-state index contributed by atoms with van der Waals surface area (Å²) < 4.78 is 95.0. The predicted octanol–water partition coefficient (Wildman–Crippen LogP) is 14.1. The highest BCUT2D eigenvalue weighted by molar-refractivity contribution is 5.84. The molecular weight excluding hydrogens is 1280 g/mol. The zero-order valence-electron chi connectivity index (χ0n) is 57.1. The van der Waals surface area contributed by atoms with Crippen LogP contribution in [0, 0.1) is 0 Å². The molecule has 0 unspecified atom stereocenters. The van der Waals surface area contributed by atoms with Crippen molar-refractivity contribution in [1.82, 2.24) is 19.5 Å². The van der Waals surface area contributed by atoms with Gasteiger partial charge >= 0.3 is 0 Å². The Balaban J connectivity index is 0.929. The van der Waals surface area contributed by atoms with E-state index in [0.717, 1.165) is 55.8 Å². The van der Waals surface area contributed by atoms with Gasteiger partial charge in [0.1, 0.15) is 83.3 Å². The second-order valence-electron chi connectivity index (χ2n) is 24.6. The summed E-state index contributed by atoms with van der Waals surface area (Å²) in [5, 5.41) is 3.95. The third-order valence-corrected chi connectivity index (χ3v) is 18.2. The molecule has 19 heteroatoms. The lowest BCUT2D eigenvalue weighted by atomic mass is 9.77. The van der Waals surface area contributed by atoms with Crippen molar-refractivity contribution in [2.75, 3.05) is 54.1 Å². The van der Waals surface area contributed by atoms with Gasteiger partial charge in [0.15, 0.2) is 29.5 Å². The highest BCUT2D eigenvalue weighted by Crippen LogP contribution is 2.44. The minimum absolute atomic E-state index is 0.0487. The van der Waals surface area contributed by atoms with E-state index in [0.29, 0.717) is 46.6 Å². The molecule has 2 aliphatic rings. The van der Waals surface area contributed by atoms with Gasteiger partial charge in [-0.25, -0.2) is 15.0 Å². The van der Waals surface area contributed by atoms with Gasteiger partial charge in [-0.15, -0.1) is 0 Å². The number of nitrogens with one attached hydrogen (secondary N) is 1. The normalized spacial score (nSPS) is 19.8. The lowest BCUT2D eigenvalue weighted by molar-refractivity contribution is -0.342. The van der Waals surface area contributed by atoms with E-state index in [-0.39, 0.29) is 46.2 Å². The average Bonchev–Trinajstić information content (AvgIpc) is 1.73. The summed E-state index contributed by atoms with van der Waals surface area (Å²) in [6, 6.07) is 79.5. The Hall–Kier alpha value is -10.0. The first kappa shape index (κ1) is 69.4. The second-order valence-corrected chi connectivity index (χ2v) is 24.6. The van der Waals surface area contributed by atoms with Crippen LogP contribution in [0.3, 0.4) is 0 Å². The van der Waals surface area contributed by atoms with Crippen LogP contribution >= 0.6 is 0 Å². The molecule has 0 aliphatic carbocycles. The fourth-order valence-corrected chi connectivity index (χ4v) is 12.9. The molecule has 2 aromatic heterocycles. The minimum Gasteiger partial charge on any atom is -0.497 e. The molecule has 0 amide bonds. The fraction of sp³-hybridized carbons (Fsp3) is 0.280. The zero-order valence-corrected chi connectivity index (χ0v) is 57.1. The molecule has 2 saturated heterocycles. The van der Waals surface area contributed by atoms with Crippen molar-refractivity contribution in [3.05, 3.63) is 305 Å². The number of imidazole rings is 1. The van der Waals surface area contributed by atoms with Crippen molar-refractivity contribution < 1.29 is 66.3 Å². The molecule has 2 aliphatic heterocycles. The van der Waals surface area contributed by atoms with Crippen molar-refractivity contribution in [3.63, 3.8) is 0 Å². The number of hydrogen-bond donors (Lipinski definition) is 1. The number of fused-ring (bicyclic) bond motifs is 1. The summed E-state index contributed by atoms with van der Waals surface area (Å²) in [5.41, 5.74) is 8.07. The van der Waals surface area contributed by atoms with Gasteiger partial charge in [0.2, 0.25) is 0 Å². The van der Waals surface area contributed by atoms with Crippen LogP contribution < -0.4 is 29.0 Å². The van der Waals surface area contributed by atoms with Gasteiger partial charge in [0.25, 0.3) is 0 Å². The van der Waals surface area contributed by atoms with E-state index >= 15 is 0 Å². The molecule has 0 saturated carbocycles. The minimum atomic E-state index is -1.21. The fourth-order valence-electron chi connectivity index (χ4n) is 12.9. The lowest BCUT2D eigenvalue weighted by Gasteiger charge is -2.47. The molecule has 13 rings (SSSR count). The van der Waals surface area contributed by atoms with Crippen LogP contribution in [-0.4, -0.2) is 117 Å². The molecule has 0 spiro atoms. The monoisotopic (exact) mass is 1360 g/mol. The van der Waals surface area contributed by atoms with Gasteiger partial charge < -0.3 is 71.6 Å². The largest absolute Gasteiger partial charge is 0.497 e. The Bertz CT molecular complexity index is 4250. The van der Waals surface area contributed by atoms with Gasteiger partial charge in [-0.05, 0) is 111 Å². The molecule has 101 heavy (non-hydrogen) atoms. The number of benzene rings is 9. The summed E-state index contributed by atoms with van der Waals surface area (Å²) in [5.74, 6) is 3.98. The third kappa shape index (κ3) is 16.7. The first-order chi connectivity index (χ1) is 49.8. The highest BCUT2D eigenvalue weighted by atomic mass is 16.7. The van der Waals surface area contributed by atoms with E-state index in [9.17, 15) is 0 Å². The molecular formula is C82H83N5O14. The maximum atomic E-state index is 7.74. The standard InChI is InChI=1S/C82H83N5O14/c1-88-65-36-26-59(27-37-65)49-95-73-70(52-93-46-56-18-10-6-11-19-56)100-81(77(98-48-58-22-14-8-15-23-58)75(73)96-50-60-28-38-66(89-2)39-29-60)101-74-71(53-94-47-57-20-12-7-13-21-57)99-80(76(74)97-51-61-30-40-67(90-3)41-31-61)87-55-85-72-78(83-54-84-79(72)87)86-82(62-24-16-9-17-25-62,63-32-42-68(91-4)43-33-63)64-34-44-69(92-5)45-35-64/h6-45,54-55,70-71,73-77,80-81H,46-53H2,1-5H3,(H,83,84,86)/t70-,71-,73-,74-,75+,76-,77+,80-,81-/m1/s1. The highest BCUT2D eigenvalue weighted by Gasteiger charge is 2.55. The van der Waals surface area contributed by atoms with Crippen LogP contribution in [0.4, 0.5) is 5.82 Å². The second kappa shape index (κ2) is 33.9. The Kier molecular flexibility index (Phi) is 23.3. The van der Waals surface area contributed by atoms with Gasteiger partial charge in [-0.1, -0.05) is 182 Å². The maximum Gasteiger partial charge on any atom is 0.187 e. The average molecular weight is 1360 g/mol. The predicted molar refractivity (Wildman–Crippen MR) is 381 cm³/mol. The third-order valence-electron chi connectivity index (χ3n) is 18.2. The van der Waals surface area contributed by atoms with Crippen molar-refractivity contribution in [1.29, 1.82) is 0 Å². The van der Waals surface area contributed by atoms with Crippen LogP contribution in [0.2, 0.25) is 0 Å². The van der Waals surface area contributed by atoms with Crippen molar-refractivity contribution in [3.8, 4) is 28.7 Å². The molecule has 11 aromatic rings. The van der Waals surface area contributed by atoms with Crippen molar-refractivity contribution >= 4 is 17.0 Å². The Morgan fingerprint density at radius 2 is 0.743 bits per heavy atom. The summed E-state index contributed by atoms with van der Waals surface area (Å²) in [6.45, 7) is 1.30. The quantitative estimate of drug-likeness (QED) is 0.0383. The molecule has 0 bridgehead atoms. The smallest absolute Gasteiger partial charge is 0.187 e. The lowest BCUT2D eigenvalue weighted by Crippen LogP contribution is -2.63. The summed E-state index contributed by atoms with van der Waals surface area (Å²) in [4.78, 5) is 15.2. The topological polar surface area (TPSA) is 185 Å². The van der Waals surface area contributed by atoms with Gasteiger partial charge in [0.05, 0.1) is 94.7 Å². The van der Waals surface area contributed by atoms with Gasteiger partial charge in [0, 0.05) is 0 Å². The number of ether oxygens (including phenoxy) is 14. The number of nitrogens with zero attached hydrogens (tertiary/aromatic N) is 4. The van der Waals surface area contributed by atoms with Crippen LogP contribution in [0.1, 0.15) is 56.3 Å². The van der Waals surface area contributed by atoms with E-state index in [1.807, 2.05) is 211 Å². The van der Waals surface area contributed by atoms with Gasteiger partial charge in [-0.2, -0.15) is 0 Å². The molecule has 9 atom stereocenters. The molecule has 19 nitrogen and oxygen atoms in total. The number of hydrogen-bond acceptors (Lipinski definition) is 18. The maximum absolute atomic E-state index is 7.74. The molecule has 520 valence electrons. The van der Waals surface area contributed by atoms with E-state index in [1.54, 1.807) is 41.9 Å². The van der Waals surface area contributed by atoms with Gasteiger partial charge in [-0.3, -0.25) is 4.57 Å². The first-order valence-electron chi connectivity index (χ1n) is 33.7. The van der Waals surface area contributed by atoms with Crippen LogP contribution in [0.5, 0.6) is 28.7 Å². The number of aromatic nitrogens is 4. The van der Waals surface area contributed by atoms with Crippen LogP contribution in [0.15, 0.2) is 255 Å². The van der Waals surface area contributed by atoms with E-state index in [1.165, 1.54) is 6.33 Å². The Morgan fingerprint density at radius 1 is 0.366 bits per heavy atom. The summed E-state index contributed by atoms with van der Waals surface area (Å²) in [6.07, 6.45) is -5.17. The zero-order chi connectivity index (χ0) is 69.2. The van der Waals surface area contributed by atoms with E-state index in [2.05, 4.69) is 41.7 Å². The number of anilines is 1. The number of rotatable bonds is 33. The first-order valence-corrected chi connectivity index (χ1v) is 33.7. The molecule has 1 N–H and O–H groups in total. The molecule has 2 fully saturated rings.